The lowest BCUT2D eigenvalue weighted by atomic mass is 10.0. The number of nitrogens with zero attached hydrogens (tertiary/aromatic N) is 2. The van der Waals surface area contributed by atoms with E-state index in [1.165, 1.54) is 37.0 Å². The Kier molecular flexibility index (Phi) is 6.48. The molecule has 2 aliphatic heterocycles. The molecule has 5 nitrogen and oxygen atoms in total. The molecule has 2 aliphatic rings. The number of hydrogen-bond acceptors (Lipinski definition) is 4. The zero-order valence-electron chi connectivity index (χ0n) is 15.1. The second-order valence-corrected chi connectivity index (χ2v) is 7.99. The number of carbonyl (C=O) groups excluding carboxylic acids is 2. The molecule has 1 N–H and O–H groups in total. The third-order valence-electron chi connectivity index (χ3n) is 5.47. The van der Waals surface area contributed by atoms with Crippen molar-refractivity contribution in [2.75, 3.05) is 26.2 Å². The summed E-state index contributed by atoms with van der Waals surface area (Å²) in [6.07, 6.45) is 6.66. The van der Waals surface area contributed by atoms with Crippen molar-refractivity contribution in [2.24, 2.45) is 0 Å². The molecular weight excluding hydrogens is 334 g/mol. The molecule has 0 saturated carbocycles. The van der Waals surface area contributed by atoms with E-state index in [9.17, 15) is 9.59 Å². The Morgan fingerprint density at radius 2 is 1.80 bits per heavy atom. The highest BCUT2D eigenvalue weighted by Gasteiger charge is 2.29. The lowest BCUT2D eigenvalue weighted by Gasteiger charge is -2.36. The van der Waals surface area contributed by atoms with Crippen molar-refractivity contribution in [1.82, 2.24) is 15.1 Å². The molecule has 3 rings (SSSR count). The standard InChI is InChI=1S/C19H29N3O2S/c1-15(21-9-4-2-3-5-10-21)19(24)22-11-6-17(7-12-22)20-18(23)16-8-13-25-14-16/h8,13-15,17H,2-7,9-12H2,1H3,(H,20,23)/t15-/m0/s1. The van der Waals surface area contributed by atoms with Crippen LogP contribution >= 0.6 is 11.3 Å². The van der Waals surface area contributed by atoms with Gasteiger partial charge in [-0.15, -0.1) is 0 Å². The summed E-state index contributed by atoms with van der Waals surface area (Å²) in [7, 11) is 0. The van der Waals surface area contributed by atoms with Gasteiger partial charge in [0.05, 0.1) is 6.04 Å². The molecule has 2 amide bonds. The first kappa shape index (κ1) is 18.4. The molecule has 138 valence electrons. The fraction of sp³-hybridized carbons (Fsp3) is 0.684. The molecule has 0 spiro atoms. The van der Waals surface area contributed by atoms with Crippen LogP contribution in [0.3, 0.4) is 0 Å². The minimum atomic E-state index is -0.0185. The quantitative estimate of drug-likeness (QED) is 0.895. The van der Waals surface area contributed by atoms with Gasteiger partial charge in [0.25, 0.3) is 5.91 Å². The van der Waals surface area contributed by atoms with Gasteiger partial charge in [0, 0.05) is 30.1 Å². The maximum Gasteiger partial charge on any atom is 0.252 e. The van der Waals surface area contributed by atoms with Crippen LogP contribution in [0.2, 0.25) is 0 Å². The molecular formula is C19H29N3O2S. The van der Waals surface area contributed by atoms with Crippen molar-refractivity contribution < 1.29 is 9.59 Å². The maximum absolute atomic E-state index is 12.8. The van der Waals surface area contributed by atoms with Crippen molar-refractivity contribution in [3.05, 3.63) is 22.4 Å². The summed E-state index contributed by atoms with van der Waals surface area (Å²) in [5, 5.41) is 6.89. The Balaban J connectivity index is 1.46. The van der Waals surface area contributed by atoms with Gasteiger partial charge in [-0.2, -0.15) is 11.3 Å². The van der Waals surface area contributed by atoms with Gasteiger partial charge in [-0.05, 0) is 57.1 Å². The highest BCUT2D eigenvalue weighted by molar-refractivity contribution is 7.08. The van der Waals surface area contributed by atoms with Crippen molar-refractivity contribution >= 4 is 23.2 Å². The summed E-state index contributed by atoms with van der Waals surface area (Å²) in [4.78, 5) is 29.3. The first-order chi connectivity index (χ1) is 12.1. The van der Waals surface area contributed by atoms with E-state index in [0.717, 1.165) is 44.6 Å². The van der Waals surface area contributed by atoms with Crippen LogP contribution in [0.15, 0.2) is 16.8 Å². The maximum atomic E-state index is 12.8. The second-order valence-electron chi connectivity index (χ2n) is 7.21. The van der Waals surface area contributed by atoms with Crippen LogP contribution in [0.5, 0.6) is 0 Å². The molecule has 0 aliphatic carbocycles. The molecule has 0 unspecified atom stereocenters. The predicted molar refractivity (Wildman–Crippen MR) is 101 cm³/mol. The van der Waals surface area contributed by atoms with E-state index in [1.54, 1.807) is 0 Å². The van der Waals surface area contributed by atoms with Crippen LogP contribution in [0.1, 0.15) is 55.8 Å². The number of hydrogen-bond donors (Lipinski definition) is 1. The molecule has 1 atom stereocenters. The predicted octanol–water partition coefficient (Wildman–Crippen LogP) is 2.73. The van der Waals surface area contributed by atoms with Crippen LogP contribution in [0.4, 0.5) is 0 Å². The van der Waals surface area contributed by atoms with Gasteiger partial charge in [-0.3, -0.25) is 14.5 Å². The van der Waals surface area contributed by atoms with Crippen molar-refractivity contribution in [1.29, 1.82) is 0 Å². The van der Waals surface area contributed by atoms with Crippen molar-refractivity contribution in [3.63, 3.8) is 0 Å². The average molecular weight is 364 g/mol. The monoisotopic (exact) mass is 363 g/mol. The normalized spacial score (nSPS) is 21.6. The Morgan fingerprint density at radius 1 is 1.12 bits per heavy atom. The van der Waals surface area contributed by atoms with Gasteiger partial charge in [-0.25, -0.2) is 0 Å². The SMILES string of the molecule is C[C@@H](C(=O)N1CCC(NC(=O)c2ccsc2)CC1)N1CCCCCC1. The Bertz CT molecular complexity index is 559. The summed E-state index contributed by atoms with van der Waals surface area (Å²) in [5.41, 5.74) is 0.735. The number of likely N-dealkylation sites (tertiary alicyclic amines) is 2. The average Bonchev–Trinajstić information content (AvgIpc) is 3.04. The third-order valence-corrected chi connectivity index (χ3v) is 6.15. The fourth-order valence-electron chi connectivity index (χ4n) is 3.81. The molecule has 0 radical (unpaired) electrons. The molecule has 0 aromatic carbocycles. The smallest absolute Gasteiger partial charge is 0.252 e. The van der Waals surface area contributed by atoms with Gasteiger partial charge >= 0.3 is 0 Å². The van der Waals surface area contributed by atoms with Crippen molar-refractivity contribution in [3.8, 4) is 0 Å². The van der Waals surface area contributed by atoms with Gasteiger partial charge in [0.15, 0.2) is 0 Å². The zero-order valence-corrected chi connectivity index (χ0v) is 15.9. The topological polar surface area (TPSA) is 52.7 Å². The Morgan fingerprint density at radius 3 is 2.40 bits per heavy atom. The van der Waals surface area contributed by atoms with Gasteiger partial charge in [-0.1, -0.05) is 12.8 Å². The van der Waals surface area contributed by atoms with E-state index in [-0.39, 0.29) is 23.9 Å². The molecule has 1 aromatic rings. The Hall–Kier alpha value is -1.40. The van der Waals surface area contributed by atoms with E-state index < -0.39 is 0 Å². The van der Waals surface area contributed by atoms with E-state index in [2.05, 4.69) is 17.1 Å². The molecule has 1 aromatic heterocycles. The molecule has 25 heavy (non-hydrogen) atoms. The number of piperidine rings is 1. The van der Waals surface area contributed by atoms with Gasteiger partial charge in [0.1, 0.15) is 0 Å². The summed E-state index contributed by atoms with van der Waals surface area (Å²) >= 11 is 1.53. The fourth-order valence-corrected chi connectivity index (χ4v) is 4.45. The minimum Gasteiger partial charge on any atom is -0.349 e. The number of carbonyl (C=O) groups is 2. The van der Waals surface area contributed by atoms with E-state index >= 15 is 0 Å². The summed E-state index contributed by atoms with van der Waals surface area (Å²) in [5.74, 6) is 0.258. The molecule has 6 heteroatoms. The first-order valence-electron chi connectivity index (χ1n) is 9.51. The van der Waals surface area contributed by atoms with Gasteiger partial charge in [0.2, 0.25) is 5.91 Å². The Labute approximate surface area is 154 Å². The van der Waals surface area contributed by atoms with Crippen molar-refractivity contribution in [2.45, 2.75) is 57.5 Å². The van der Waals surface area contributed by atoms with E-state index in [4.69, 9.17) is 0 Å². The number of rotatable bonds is 4. The number of nitrogens with one attached hydrogen (secondary N) is 1. The number of amides is 2. The molecule has 3 heterocycles. The van der Waals surface area contributed by atoms with Crippen LogP contribution in [0.25, 0.3) is 0 Å². The zero-order chi connectivity index (χ0) is 17.6. The third kappa shape index (κ3) is 4.82. The van der Waals surface area contributed by atoms with Crippen LogP contribution < -0.4 is 5.32 Å². The summed E-state index contributed by atoms with van der Waals surface area (Å²) < 4.78 is 0. The van der Waals surface area contributed by atoms with Crippen LogP contribution in [-0.4, -0.2) is 59.9 Å². The highest BCUT2D eigenvalue weighted by Crippen LogP contribution is 2.17. The lowest BCUT2D eigenvalue weighted by molar-refractivity contribution is -0.137. The summed E-state index contributed by atoms with van der Waals surface area (Å²) in [6, 6.07) is 2.00. The summed E-state index contributed by atoms with van der Waals surface area (Å²) in [6.45, 7) is 5.62. The van der Waals surface area contributed by atoms with E-state index in [1.807, 2.05) is 21.7 Å². The first-order valence-corrected chi connectivity index (χ1v) is 10.5. The van der Waals surface area contributed by atoms with Crippen LogP contribution in [0, 0.1) is 0 Å². The highest BCUT2D eigenvalue weighted by atomic mass is 32.1. The van der Waals surface area contributed by atoms with Crippen LogP contribution in [-0.2, 0) is 4.79 Å². The molecule has 2 fully saturated rings. The van der Waals surface area contributed by atoms with Gasteiger partial charge < -0.3 is 10.2 Å². The second kappa shape index (κ2) is 8.81. The molecule has 0 bridgehead atoms. The lowest BCUT2D eigenvalue weighted by Crippen LogP contribution is -2.52. The largest absolute Gasteiger partial charge is 0.349 e. The minimum absolute atomic E-state index is 0.00367. The number of thiophene rings is 1. The van der Waals surface area contributed by atoms with E-state index in [0.29, 0.717) is 0 Å². The molecule has 2 saturated heterocycles.